The number of carbonyl (C=O) groups excluding carboxylic acids is 9. The Kier molecular flexibility index (Phi) is 30.6. The van der Waals surface area contributed by atoms with Crippen LogP contribution in [0.2, 0.25) is 0 Å². The Balaban J connectivity index is 1.54. The average Bonchev–Trinajstić information content (AvgIpc) is 4.22. The van der Waals surface area contributed by atoms with E-state index in [2.05, 4.69) is 43.4 Å². The van der Waals surface area contributed by atoms with Crippen LogP contribution in [0.1, 0.15) is 127 Å². The Morgan fingerprint density at radius 1 is 0.855 bits per heavy atom. The molecule has 7 atom stereocenters. The number of benzene rings is 1. The van der Waals surface area contributed by atoms with Crippen molar-refractivity contribution in [2.75, 3.05) is 98.5 Å². The molecule has 460 valence electrons. The minimum absolute atomic E-state index is 0.00657. The van der Waals surface area contributed by atoms with E-state index < -0.39 is 71.7 Å². The van der Waals surface area contributed by atoms with Crippen LogP contribution in [0.25, 0.3) is 0 Å². The third kappa shape index (κ3) is 24.7. The fourth-order valence-electron chi connectivity index (χ4n) is 9.22. The molecule has 4 rings (SSSR count). The van der Waals surface area contributed by atoms with Gasteiger partial charge in [-0.2, -0.15) is 0 Å². The molecule has 2 aliphatic heterocycles. The summed E-state index contributed by atoms with van der Waals surface area (Å²) in [4.78, 5) is 127. The van der Waals surface area contributed by atoms with E-state index in [4.69, 9.17) is 33.2 Å². The van der Waals surface area contributed by atoms with Gasteiger partial charge in [0.05, 0.1) is 90.0 Å². The fraction of sp³-hybridized carbons (Fsp3) is 0.655. The zero-order chi connectivity index (χ0) is 60.8. The summed E-state index contributed by atoms with van der Waals surface area (Å²) < 4.78 is 39.0. The first-order valence-electron chi connectivity index (χ1n) is 28.6. The lowest BCUT2D eigenvalue weighted by Crippen LogP contribution is -2.58. The Hall–Kier alpha value is -6.56. The standard InChI is InChI=1S/C58H86N8O16S/c1-10-38(5)53(64-55(73)45-14-12-13-23-65(45)8)57(74)66(9)46(37(3)4)35-48(81-40(7)67)56-63-44(36-83-56)54(72)61-42(32-39(6)58(75)80-11-2)33-41-15-16-47-43(34-41)62-51(70)19-24-76-28-30-78-26-21-59-49(68)17-18-50(69)60-22-27-79-31-29-77-25-20-52(71)82-47/h15-16,34,36-39,42,45-46,48,53H,10-14,19-33,35H2,1-9H3,(H,59,68)(H,60,69)(H,61,72)(H,62,70)(H,64,73)/t38-,39?,42+,45+,46+,48+,53-/m0/s1. The van der Waals surface area contributed by atoms with E-state index in [0.717, 1.165) is 30.7 Å². The van der Waals surface area contributed by atoms with E-state index in [1.165, 1.54) is 18.4 Å². The van der Waals surface area contributed by atoms with Crippen molar-refractivity contribution in [1.82, 2.24) is 36.1 Å². The first-order chi connectivity index (χ1) is 39.7. The molecule has 5 N–H and O–H groups in total. The van der Waals surface area contributed by atoms with Crippen molar-refractivity contribution in [1.29, 1.82) is 0 Å². The molecule has 0 bridgehead atoms. The minimum atomic E-state index is -0.957. The highest BCUT2D eigenvalue weighted by Gasteiger charge is 2.38. The third-order valence-corrected chi connectivity index (χ3v) is 14.9. The predicted octanol–water partition coefficient (Wildman–Crippen LogP) is 3.51. The molecule has 0 radical (unpaired) electrons. The number of hydrogen-bond donors (Lipinski definition) is 5. The maximum Gasteiger partial charge on any atom is 0.313 e. The summed E-state index contributed by atoms with van der Waals surface area (Å²) in [6.07, 6.45) is 2.45. The van der Waals surface area contributed by atoms with E-state index in [1.807, 2.05) is 39.6 Å². The lowest BCUT2D eigenvalue weighted by molar-refractivity contribution is -0.149. The normalized spacial score (nSPS) is 19.3. The molecule has 24 nitrogen and oxygen atoms in total. The summed E-state index contributed by atoms with van der Waals surface area (Å²) in [5.41, 5.74) is 0.740. The average molecular weight is 1180 g/mol. The van der Waals surface area contributed by atoms with E-state index in [-0.39, 0.29) is 151 Å². The number of anilines is 1. The summed E-state index contributed by atoms with van der Waals surface area (Å²) in [7, 11) is 3.61. The quantitative estimate of drug-likeness (QED) is 0.0764. The van der Waals surface area contributed by atoms with Crippen LogP contribution >= 0.6 is 11.3 Å². The van der Waals surface area contributed by atoms with Gasteiger partial charge in [0.2, 0.25) is 17.7 Å². The summed E-state index contributed by atoms with van der Waals surface area (Å²) in [6.45, 7) is 14.5. The number of aromatic nitrogens is 1. The Labute approximate surface area is 491 Å². The number of likely N-dealkylation sites (N-methyl/N-ethyl adjacent to an activating group) is 2. The maximum absolute atomic E-state index is 14.5. The fourth-order valence-corrected chi connectivity index (χ4v) is 10.1. The molecule has 83 heavy (non-hydrogen) atoms. The SMILES string of the molecule is CCOC(=O)C(C)C[C@H](Cc1ccc2c(c1)NC(=O)CCOCCOCCNC(=O)C#CC(=O)NCCOCCOCCC(=O)O2)NC(=O)c1csc([C@@H](C[C@H](C(C)C)N(C)C(=O)[C@@H](NC(=O)[C@H]2CCCCN2C)[C@@H](C)CC)OC(C)=O)n1. The number of amides is 6. The molecule has 3 heterocycles. The smallest absolute Gasteiger partial charge is 0.313 e. The van der Waals surface area contributed by atoms with Crippen LogP contribution in [-0.2, 0) is 73.2 Å². The molecule has 1 saturated heterocycles. The number of esters is 3. The van der Waals surface area contributed by atoms with Gasteiger partial charge < -0.3 is 64.6 Å². The summed E-state index contributed by atoms with van der Waals surface area (Å²) in [6, 6.07) is 2.44. The van der Waals surface area contributed by atoms with Gasteiger partial charge in [0.1, 0.15) is 16.7 Å². The van der Waals surface area contributed by atoms with E-state index in [9.17, 15) is 43.2 Å². The van der Waals surface area contributed by atoms with Gasteiger partial charge in [-0.25, -0.2) is 4.98 Å². The van der Waals surface area contributed by atoms with Crippen molar-refractivity contribution in [2.24, 2.45) is 17.8 Å². The van der Waals surface area contributed by atoms with E-state index in [1.54, 1.807) is 37.9 Å². The highest BCUT2D eigenvalue weighted by molar-refractivity contribution is 7.09. The molecule has 25 heteroatoms. The Bertz CT molecular complexity index is 2530. The number of rotatable bonds is 19. The highest BCUT2D eigenvalue weighted by Crippen LogP contribution is 2.32. The van der Waals surface area contributed by atoms with Crippen LogP contribution in [0.5, 0.6) is 5.75 Å². The zero-order valence-electron chi connectivity index (χ0n) is 49.6. The Morgan fingerprint density at radius 2 is 1.49 bits per heavy atom. The molecule has 1 unspecified atom stereocenters. The second-order valence-electron chi connectivity index (χ2n) is 20.9. The topological polar surface area (TPSA) is 298 Å². The van der Waals surface area contributed by atoms with Crippen molar-refractivity contribution in [2.45, 2.75) is 137 Å². The number of fused-ring (bicyclic) bond motifs is 1. The van der Waals surface area contributed by atoms with Crippen molar-refractivity contribution in [3.05, 3.63) is 39.8 Å². The van der Waals surface area contributed by atoms with Gasteiger partial charge in [0.15, 0.2) is 11.9 Å². The predicted molar refractivity (Wildman–Crippen MR) is 307 cm³/mol. The number of piperidine rings is 1. The number of nitrogens with zero attached hydrogens (tertiary/aromatic N) is 3. The van der Waals surface area contributed by atoms with Gasteiger partial charge in [-0.05, 0) is 75.7 Å². The van der Waals surface area contributed by atoms with E-state index >= 15 is 0 Å². The molecule has 2 aromatic rings. The molecule has 1 aromatic heterocycles. The van der Waals surface area contributed by atoms with Crippen LogP contribution in [0.3, 0.4) is 0 Å². The second kappa shape index (κ2) is 36.9. The monoisotopic (exact) mass is 1180 g/mol. The molecule has 2 aliphatic rings. The number of ether oxygens (including phenoxy) is 7. The molecule has 0 spiro atoms. The third-order valence-electron chi connectivity index (χ3n) is 14.0. The van der Waals surface area contributed by atoms with Crippen molar-refractivity contribution in [3.8, 4) is 17.6 Å². The summed E-state index contributed by atoms with van der Waals surface area (Å²) >= 11 is 1.11. The van der Waals surface area contributed by atoms with Crippen LogP contribution in [0.15, 0.2) is 23.6 Å². The van der Waals surface area contributed by atoms with Gasteiger partial charge in [0, 0.05) is 62.8 Å². The van der Waals surface area contributed by atoms with Gasteiger partial charge >= 0.3 is 17.9 Å². The van der Waals surface area contributed by atoms with Gasteiger partial charge in [-0.15, -0.1) is 11.3 Å². The van der Waals surface area contributed by atoms with E-state index in [0.29, 0.717) is 23.4 Å². The molecular formula is C58H86N8O16S. The van der Waals surface area contributed by atoms with Crippen LogP contribution in [0, 0.1) is 29.6 Å². The zero-order valence-corrected chi connectivity index (χ0v) is 50.4. The highest BCUT2D eigenvalue weighted by atomic mass is 32.1. The van der Waals surface area contributed by atoms with Crippen LogP contribution < -0.4 is 31.3 Å². The first kappa shape index (κ1) is 68.9. The van der Waals surface area contributed by atoms with Gasteiger partial charge in [0.25, 0.3) is 17.7 Å². The molecule has 1 fully saturated rings. The Morgan fingerprint density at radius 3 is 2.10 bits per heavy atom. The molecule has 6 amide bonds. The number of thiazole rings is 1. The van der Waals surface area contributed by atoms with Gasteiger partial charge in [-0.1, -0.05) is 53.5 Å². The maximum atomic E-state index is 14.5. The van der Waals surface area contributed by atoms with Crippen molar-refractivity contribution < 1.29 is 76.3 Å². The van der Waals surface area contributed by atoms with Gasteiger partial charge in [-0.3, -0.25) is 48.1 Å². The van der Waals surface area contributed by atoms with Crippen molar-refractivity contribution in [3.63, 3.8) is 0 Å². The lowest BCUT2D eigenvalue weighted by Gasteiger charge is -2.38. The largest absolute Gasteiger partial charge is 0.466 e. The molecular weight excluding hydrogens is 1100 g/mol. The van der Waals surface area contributed by atoms with Crippen LogP contribution in [0.4, 0.5) is 5.69 Å². The lowest BCUT2D eigenvalue weighted by atomic mass is 9.92. The summed E-state index contributed by atoms with van der Waals surface area (Å²) in [5, 5.41) is 15.8. The first-order valence-corrected chi connectivity index (χ1v) is 29.5. The van der Waals surface area contributed by atoms with Crippen molar-refractivity contribution >= 4 is 70.4 Å². The minimum Gasteiger partial charge on any atom is -0.466 e. The number of likely N-dealkylation sites (tertiary alicyclic amines) is 1. The molecule has 0 saturated carbocycles. The number of hydrogen-bond acceptors (Lipinski definition) is 19. The van der Waals surface area contributed by atoms with Crippen LogP contribution in [-0.4, -0.2) is 185 Å². The number of nitrogens with one attached hydrogen (secondary N) is 5. The molecule has 1 aromatic carbocycles. The second-order valence-corrected chi connectivity index (χ2v) is 21.7. The number of carbonyl (C=O) groups is 9. The molecule has 0 aliphatic carbocycles. The summed E-state index contributed by atoms with van der Waals surface area (Å²) in [5.74, 6) is -1.10.